The molecule has 0 bridgehead atoms. The molecule has 1 saturated heterocycles. The summed E-state index contributed by atoms with van der Waals surface area (Å²) in [4.78, 5) is 15.1. The van der Waals surface area contributed by atoms with Crippen LogP contribution in [0.25, 0.3) is 6.08 Å². The SMILES string of the molecule is O=C1/C(=C/c2ccccc2)S/C(=N/N=C\c2cc(Br)ccc2O)N1Cc1ccco1. The Hall–Kier alpha value is -3.10. The van der Waals surface area contributed by atoms with Crippen LogP contribution in [0.4, 0.5) is 0 Å². The number of carbonyl (C=O) groups is 1. The molecule has 0 spiro atoms. The first-order chi connectivity index (χ1) is 14.6. The van der Waals surface area contributed by atoms with Gasteiger partial charge < -0.3 is 9.52 Å². The zero-order valence-electron chi connectivity index (χ0n) is 15.6. The van der Waals surface area contributed by atoms with E-state index in [9.17, 15) is 9.90 Å². The van der Waals surface area contributed by atoms with Gasteiger partial charge in [-0.15, -0.1) is 5.10 Å². The fourth-order valence-corrected chi connectivity index (χ4v) is 4.06. The van der Waals surface area contributed by atoms with Crippen LogP contribution in [0.3, 0.4) is 0 Å². The smallest absolute Gasteiger partial charge is 0.267 e. The normalized spacial score (nSPS) is 17.0. The van der Waals surface area contributed by atoms with Crippen LogP contribution < -0.4 is 0 Å². The van der Waals surface area contributed by atoms with Gasteiger partial charge in [0.05, 0.1) is 23.9 Å². The number of aromatic hydroxyl groups is 1. The van der Waals surface area contributed by atoms with Gasteiger partial charge in [-0.25, -0.2) is 0 Å². The first-order valence-corrected chi connectivity index (χ1v) is 10.6. The summed E-state index contributed by atoms with van der Waals surface area (Å²) in [5, 5.41) is 18.7. The molecular formula is C22H16BrN3O3S. The van der Waals surface area contributed by atoms with Crippen molar-refractivity contribution < 1.29 is 14.3 Å². The minimum Gasteiger partial charge on any atom is -0.507 e. The summed E-state index contributed by atoms with van der Waals surface area (Å²) < 4.78 is 6.21. The van der Waals surface area contributed by atoms with Gasteiger partial charge >= 0.3 is 0 Å². The van der Waals surface area contributed by atoms with Gasteiger partial charge in [-0.05, 0) is 53.7 Å². The number of phenolic OH excluding ortho intramolecular Hbond substituents is 1. The minimum atomic E-state index is -0.167. The third-order valence-corrected chi connectivity index (χ3v) is 5.70. The van der Waals surface area contributed by atoms with Crippen molar-refractivity contribution >= 4 is 51.1 Å². The summed E-state index contributed by atoms with van der Waals surface area (Å²) in [5.74, 6) is 0.570. The third kappa shape index (κ3) is 4.72. The molecule has 1 amide bonds. The van der Waals surface area contributed by atoms with Crippen LogP contribution >= 0.6 is 27.7 Å². The number of hydrogen-bond donors (Lipinski definition) is 1. The lowest BCUT2D eigenvalue weighted by Gasteiger charge is -2.12. The average molecular weight is 482 g/mol. The summed E-state index contributed by atoms with van der Waals surface area (Å²) in [6, 6.07) is 18.2. The Morgan fingerprint density at radius 1 is 1.13 bits per heavy atom. The minimum absolute atomic E-state index is 0.0920. The average Bonchev–Trinajstić information content (AvgIpc) is 3.36. The summed E-state index contributed by atoms with van der Waals surface area (Å²) in [6.45, 7) is 0.251. The molecule has 1 aliphatic rings. The number of thioether (sulfide) groups is 1. The van der Waals surface area contributed by atoms with Crippen molar-refractivity contribution in [3.05, 3.63) is 93.2 Å². The van der Waals surface area contributed by atoms with Gasteiger partial charge in [0, 0.05) is 10.0 Å². The van der Waals surface area contributed by atoms with E-state index in [1.807, 2.05) is 36.4 Å². The highest BCUT2D eigenvalue weighted by molar-refractivity contribution is 9.10. The van der Waals surface area contributed by atoms with Gasteiger partial charge in [0.2, 0.25) is 0 Å². The lowest BCUT2D eigenvalue weighted by atomic mass is 10.2. The first kappa shape index (κ1) is 20.2. The molecule has 30 heavy (non-hydrogen) atoms. The molecule has 8 heteroatoms. The van der Waals surface area contributed by atoms with E-state index in [0.717, 1.165) is 10.0 Å². The van der Waals surface area contributed by atoms with Gasteiger partial charge in [-0.2, -0.15) is 5.10 Å². The van der Waals surface area contributed by atoms with Crippen molar-refractivity contribution in [2.24, 2.45) is 10.2 Å². The van der Waals surface area contributed by atoms with Gasteiger partial charge in [-0.3, -0.25) is 9.69 Å². The van der Waals surface area contributed by atoms with Crippen molar-refractivity contribution in [3.8, 4) is 5.75 Å². The Morgan fingerprint density at radius 3 is 2.73 bits per heavy atom. The number of amidine groups is 1. The molecule has 1 fully saturated rings. The molecule has 1 N–H and O–H groups in total. The van der Waals surface area contributed by atoms with Crippen LogP contribution in [-0.2, 0) is 11.3 Å². The Morgan fingerprint density at radius 2 is 1.97 bits per heavy atom. The third-order valence-electron chi connectivity index (χ3n) is 4.21. The highest BCUT2D eigenvalue weighted by atomic mass is 79.9. The van der Waals surface area contributed by atoms with Crippen LogP contribution in [0.5, 0.6) is 5.75 Å². The predicted octanol–water partition coefficient (Wildman–Crippen LogP) is 5.25. The van der Waals surface area contributed by atoms with E-state index in [0.29, 0.717) is 21.4 Å². The monoisotopic (exact) mass is 481 g/mol. The number of nitrogens with zero attached hydrogens (tertiary/aromatic N) is 3. The van der Waals surface area contributed by atoms with Crippen LogP contribution in [0, 0.1) is 0 Å². The molecule has 4 rings (SSSR count). The molecule has 1 aromatic heterocycles. The van der Waals surface area contributed by atoms with Crippen molar-refractivity contribution in [3.63, 3.8) is 0 Å². The standard InChI is InChI=1S/C22H16BrN3O3S/c23-17-8-9-19(27)16(12-17)13-24-25-22-26(14-18-7-4-10-29-18)21(28)20(30-22)11-15-5-2-1-3-6-15/h1-13,27H,14H2/b20-11-,24-13-,25-22+. The number of rotatable bonds is 5. The van der Waals surface area contributed by atoms with Crippen LogP contribution in [0.1, 0.15) is 16.9 Å². The van der Waals surface area contributed by atoms with E-state index in [4.69, 9.17) is 4.42 Å². The molecule has 2 aromatic carbocycles. The first-order valence-electron chi connectivity index (χ1n) is 8.98. The topological polar surface area (TPSA) is 78.4 Å². The zero-order valence-corrected chi connectivity index (χ0v) is 18.0. The number of furan rings is 1. The van der Waals surface area contributed by atoms with Crippen molar-refractivity contribution in [2.75, 3.05) is 0 Å². The zero-order chi connectivity index (χ0) is 20.9. The van der Waals surface area contributed by atoms with E-state index in [-0.39, 0.29) is 18.2 Å². The summed E-state index contributed by atoms with van der Waals surface area (Å²) in [5.41, 5.74) is 1.44. The molecule has 0 aliphatic carbocycles. The maximum Gasteiger partial charge on any atom is 0.267 e. The van der Waals surface area contributed by atoms with Gasteiger partial charge in [0.1, 0.15) is 11.5 Å². The van der Waals surface area contributed by atoms with E-state index in [1.165, 1.54) is 22.9 Å². The van der Waals surface area contributed by atoms with E-state index >= 15 is 0 Å². The van der Waals surface area contributed by atoms with Crippen molar-refractivity contribution in [1.29, 1.82) is 0 Å². The second kappa shape index (κ2) is 9.15. The predicted molar refractivity (Wildman–Crippen MR) is 122 cm³/mol. The summed E-state index contributed by atoms with van der Waals surface area (Å²) in [6.07, 6.45) is 4.84. The van der Waals surface area contributed by atoms with Gasteiger partial charge in [-0.1, -0.05) is 46.3 Å². The summed E-state index contributed by atoms with van der Waals surface area (Å²) >= 11 is 4.61. The molecule has 0 radical (unpaired) electrons. The number of amides is 1. The quantitative estimate of drug-likeness (QED) is 0.306. The molecule has 0 unspecified atom stereocenters. The fourth-order valence-electron chi connectivity index (χ4n) is 2.75. The van der Waals surface area contributed by atoms with Crippen molar-refractivity contribution in [2.45, 2.75) is 6.54 Å². The Bertz CT molecular complexity index is 1140. The highest BCUT2D eigenvalue weighted by Crippen LogP contribution is 2.34. The number of halogens is 1. The number of phenols is 1. The second-order valence-corrected chi connectivity index (χ2v) is 8.25. The van der Waals surface area contributed by atoms with E-state index in [1.54, 1.807) is 36.6 Å². The fraction of sp³-hybridized carbons (Fsp3) is 0.0455. The second-order valence-electron chi connectivity index (χ2n) is 6.32. The Kier molecular flexibility index (Phi) is 6.15. The lowest BCUT2D eigenvalue weighted by molar-refractivity contribution is -0.122. The molecule has 2 heterocycles. The highest BCUT2D eigenvalue weighted by Gasteiger charge is 2.34. The number of hydrogen-bond acceptors (Lipinski definition) is 6. The molecule has 0 atom stereocenters. The molecule has 150 valence electrons. The van der Waals surface area contributed by atoms with Crippen LogP contribution in [0.2, 0.25) is 0 Å². The molecule has 6 nitrogen and oxygen atoms in total. The maximum absolute atomic E-state index is 13.0. The van der Waals surface area contributed by atoms with Gasteiger partial charge in [0.15, 0.2) is 5.17 Å². The molecule has 0 saturated carbocycles. The largest absolute Gasteiger partial charge is 0.507 e. The molecule has 3 aromatic rings. The van der Waals surface area contributed by atoms with E-state index in [2.05, 4.69) is 26.1 Å². The summed E-state index contributed by atoms with van der Waals surface area (Å²) in [7, 11) is 0. The Labute approximate surface area is 185 Å². The van der Waals surface area contributed by atoms with Crippen LogP contribution in [-0.4, -0.2) is 27.3 Å². The lowest BCUT2D eigenvalue weighted by Crippen LogP contribution is -2.28. The number of benzene rings is 2. The van der Waals surface area contributed by atoms with Gasteiger partial charge in [0.25, 0.3) is 5.91 Å². The Balaban J connectivity index is 1.63. The van der Waals surface area contributed by atoms with E-state index < -0.39 is 0 Å². The molecular weight excluding hydrogens is 466 g/mol. The molecule has 1 aliphatic heterocycles. The van der Waals surface area contributed by atoms with Crippen LogP contribution in [0.15, 0.2) is 90.9 Å². The van der Waals surface area contributed by atoms with Crippen molar-refractivity contribution in [1.82, 2.24) is 4.90 Å². The number of carbonyl (C=O) groups excluding carboxylic acids is 1. The maximum atomic E-state index is 13.0.